The minimum Gasteiger partial charge on any atom is -0.398 e. The number of hydrogen-bond donors (Lipinski definition) is 3. The topological polar surface area (TPSA) is 113 Å². The molecule has 5 heterocycles. The van der Waals surface area contributed by atoms with Crippen LogP contribution < -0.4 is 16.4 Å². The number of ether oxygens (including phenoxy) is 2. The lowest BCUT2D eigenvalue weighted by Gasteiger charge is -2.54. The van der Waals surface area contributed by atoms with Crippen molar-refractivity contribution in [2.45, 2.75) is 19.6 Å². The Balaban J connectivity index is 1.13. The number of carbonyl (C=O) groups is 1. The first kappa shape index (κ1) is 26.1. The maximum absolute atomic E-state index is 12.9. The minimum absolute atomic E-state index is 0.0671. The van der Waals surface area contributed by atoms with Crippen LogP contribution in [0.15, 0.2) is 42.6 Å². The summed E-state index contributed by atoms with van der Waals surface area (Å²) in [4.78, 5) is 22.9. The minimum atomic E-state index is 0.0671. The number of nitrogens with zero attached hydrogens (tertiary/aromatic N) is 3. The Hall–Kier alpha value is -3.79. The lowest BCUT2D eigenvalue weighted by atomic mass is 9.78. The highest BCUT2D eigenvalue weighted by Crippen LogP contribution is 2.39. The maximum Gasteiger partial charge on any atom is 0.253 e. The van der Waals surface area contributed by atoms with Gasteiger partial charge in [0.05, 0.1) is 37.9 Å². The first-order chi connectivity index (χ1) is 19.8. The van der Waals surface area contributed by atoms with E-state index in [4.69, 9.17) is 20.9 Å². The molecular formula is C32H38N6O3. The number of piperazine rings is 1. The zero-order valence-electron chi connectivity index (χ0n) is 23.8. The van der Waals surface area contributed by atoms with E-state index in [1.165, 1.54) is 16.8 Å². The highest BCUT2D eigenvalue weighted by atomic mass is 16.5. The van der Waals surface area contributed by atoms with E-state index in [1.54, 1.807) is 0 Å². The summed E-state index contributed by atoms with van der Waals surface area (Å²) in [5.74, 6) is 0.615. The van der Waals surface area contributed by atoms with E-state index < -0.39 is 0 Å². The van der Waals surface area contributed by atoms with Crippen LogP contribution in [0.3, 0.4) is 0 Å². The number of nitrogens with one attached hydrogen (secondary N) is 1. The number of aryl methyl sites for hydroxylation is 1. The number of nitrogens with two attached hydrogens (primary N) is 2. The molecule has 3 fully saturated rings. The van der Waals surface area contributed by atoms with Crippen LogP contribution >= 0.6 is 0 Å². The molecule has 2 aromatic carbocycles. The van der Waals surface area contributed by atoms with Gasteiger partial charge in [-0.1, -0.05) is 12.1 Å². The number of amides is 1. The molecule has 4 aliphatic heterocycles. The van der Waals surface area contributed by atoms with Gasteiger partial charge in [0.25, 0.3) is 5.91 Å². The molecule has 0 aliphatic carbocycles. The molecule has 1 aromatic heterocycles. The van der Waals surface area contributed by atoms with Crippen LogP contribution in [-0.2, 0) is 16.1 Å². The fourth-order valence-electron chi connectivity index (χ4n) is 6.83. The summed E-state index contributed by atoms with van der Waals surface area (Å²) in [6.07, 6.45) is 3.84. The highest BCUT2D eigenvalue weighted by molar-refractivity contribution is 5.96. The van der Waals surface area contributed by atoms with Crippen LogP contribution in [-0.4, -0.2) is 86.3 Å². The van der Waals surface area contributed by atoms with Crippen molar-refractivity contribution in [2.24, 2.45) is 11.1 Å². The number of aromatic amines is 1. The van der Waals surface area contributed by atoms with Gasteiger partial charge < -0.3 is 40.6 Å². The third kappa shape index (κ3) is 4.58. The molecule has 7 rings (SSSR count). The Labute approximate surface area is 240 Å². The van der Waals surface area contributed by atoms with Crippen molar-refractivity contribution in [1.29, 1.82) is 0 Å². The second-order valence-corrected chi connectivity index (χ2v) is 12.3. The predicted octanol–water partition coefficient (Wildman–Crippen LogP) is 3.15. The molecule has 5 N–H and O–H groups in total. The van der Waals surface area contributed by atoms with Gasteiger partial charge in [-0.2, -0.15) is 0 Å². The molecule has 1 amide bonds. The standard InChI is InChI=1S/C32H38N6O3/c1-20-9-23(10-24-14-40-15-25-13-36(2)7-8-38(25)29(20)24)28(33)11-26-27(12-35-30(26)34)21-3-5-22(6-4-21)31(39)37-16-32(17-37)18-41-19-32/h3-6,9-12,25,35H,7-8,13-19,33-34H2,1-2H3/b28-11-/t25-/m0/s1. The van der Waals surface area contributed by atoms with E-state index in [-0.39, 0.29) is 11.3 Å². The maximum atomic E-state index is 12.9. The molecule has 3 saturated heterocycles. The molecule has 4 aliphatic rings. The van der Waals surface area contributed by atoms with E-state index in [0.717, 1.165) is 74.8 Å². The number of anilines is 2. The van der Waals surface area contributed by atoms with Crippen LogP contribution in [0.1, 0.15) is 32.6 Å². The number of benzene rings is 2. The Kier molecular flexibility index (Phi) is 6.33. The predicted molar refractivity (Wildman–Crippen MR) is 161 cm³/mol. The van der Waals surface area contributed by atoms with Crippen LogP contribution in [0.5, 0.6) is 0 Å². The summed E-state index contributed by atoms with van der Waals surface area (Å²) in [5, 5.41) is 0. The molecule has 3 aromatic rings. The quantitative estimate of drug-likeness (QED) is 0.454. The molecule has 0 bridgehead atoms. The molecule has 0 radical (unpaired) electrons. The Morgan fingerprint density at radius 3 is 2.61 bits per heavy atom. The van der Waals surface area contributed by atoms with Crippen LogP contribution in [0.2, 0.25) is 0 Å². The van der Waals surface area contributed by atoms with Gasteiger partial charge in [0, 0.05) is 72.6 Å². The van der Waals surface area contributed by atoms with Crippen molar-refractivity contribution in [2.75, 3.05) is 70.2 Å². The highest BCUT2D eigenvalue weighted by Gasteiger charge is 2.50. The fraction of sp³-hybridized carbons (Fsp3) is 0.406. The van der Waals surface area contributed by atoms with Gasteiger partial charge in [0.2, 0.25) is 0 Å². The SMILES string of the molecule is Cc1cc(/C(N)=C/c2c(-c3ccc(C(=O)N4CC5(COC5)C4)cc3)c[nH]c2N)cc2c1N1CCN(C)C[C@H]1COC2. The van der Waals surface area contributed by atoms with Gasteiger partial charge in [-0.05, 0) is 61.0 Å². The van der Waals surface area contributed by atoms with Gasteiger partial charge >= 0.3 is 0 Å². The average Bonchev–Trinajstić information content (AvgIpc) is 3.16. The first-order valence-electron chi connectivity index (χ1n) is 14.4. The normalized spacial score (nSPS) is 22.0. The zero-order chi connectivity index (χ0) is 28.3. The Morgan fingerprint density at radius 1 is 1.10 bits per heavy atom. The van der Waals surface area contributed by atoms with Crippen LogP contribution in [0.25, 0.3) is 22.9 Å². The summed E-state index contributed by atoms with van der Waals surface area (Å²) in [6, 6.07) is 12.4. The molecule has 0 saturated carbocycles. The molecule has 41 heavy (non-hydrogen) atoms. The molecule has 1 spiro atoms. The summed E-state index contributed by atoms with van der Waals surface area (Å²) < 4.78 is 11.4. The monoisotopic (exact) mass is 554 g/mol. The number of likely N-dealkylation sites (tertiary alicyclic amines) is 1. The molecule has 9 nitrogen and oxygen atoms in total. The Bertz CT molecular complexity index is 1510. The first-order valence-corrected chi connectivity index (χ1v) is 14.4. The van der Waals surface area contributed by atoms with Crippen molar-refractivity contribution in [1.82, 2.24) is 14.8 Å². The number of hydrogen-bond acceptors (Lipinski definition) is 7. The summed E-state index contributed by atoms with van der Waals surface area (Å²) in [6.45, 7) is 9.57. The van der Waals surface area contributed by atoms with E-state index in [2.05, 4.69) is 40.9 Å². The number of aromatic nitrogens is 1. The number of carbonyl (C=O) groups excluding carboxylic acids is 1. The van der Waals surface area contributed by atoms with E-state index >= 15 is 0 Å². The summed E-state index contributed by atoms with van der Waals surface area (Å²) in [7, 11) is 2.17. The lowest BCUT2D eigenvalue weighted by molar-refractivity contribution is -0.176. The largest absolute Gasteiger partial charge is 0.398 e. The van der Waals surface area contributed by atoms with E-state index in [0.29, 0.717) is 29.7 Å². The molecular weight excluding hydrogens is 516 g/mol. The Morgan fingerprint density at radius 2 is 1.88 bits per heavy atom. The summed E-state index contributed by atoms with van der Waals surface area (Å²) >= 11 is 0. The number of rotatable bonds is 4. The van der Waals surface area contributed by atoms with Gasteiger partial charge in [0.15, 0.2) is 0 Å². The molecule has 9 heteroatoms. The number of nitrogen functional groups attached to an aromatic ring is 1. The van der Waals surface area contributed by atoms with Gasteiger partial charge in [-0.15, -0.1) is 0 Å². The second-order valence-electron chi connectivity index (χ2n) is 12.3. The number of fused-ring (bicyclic) bond motifs is 3. The number of likely N-dealkylation sites (N-methyl/N-ethyl adjacent to an activating group) is 1. The third-order valence-electron chi connectivity index (χ3n) is 9.10. The average molecular weight is 555 g/mol. The van der Waals surface area contributed by atoms with Crippen molar-refractivity contribution in [3.63, 3.8) is 0 Å². The van der Waals surface area contributed by atoms with Gasteiger partial charge in [-0.25, -0.2) is 0 Å². The van der Waals surface area contributed by atoms with Crippen LogP contribution in [0, 0.1) is 12.3 Å². The zero-order valence-corrected chi connectivity index (χ0v) is 23.8. The second kappa shape index (κ2) is 9.94. The smallest absolute Gasteiger partial charge is 0.253 e. The third-order valence-corrected chi connectivity index (χ3v) is 9.10. The van der Waals surface area contributed by atoms with Gasteiger partial charge in [-0.3, -0.25) is 4.79 Å². The van der Waals surface area contributed by atoms with E-state index in [1.807, 2.05) is 41.4 Å². The fourth-order valence-corrected chi connectivity index (χ4v) is 6.83. The lowest BCUT2D eigenvalue weighted by Crippen LogP contribution is -2.67. The molecule has 214 valence electrons. The van der Waals surface area contributed by atoms with Crippen molar-refractivity contribution >= 4 is 29.2 Å². The van der Waals surface area contributed by atoms with Crippen LogP contribution in [0.4, 0.5) is 11.5 Å². The number of H-pyrrole nitrogens is 1. The molecule has 1 atom stereocenters. The van der Waals surface area contributed by atoms with E-state index in [9.17, 15) is 4.79 Å². The van der Waals surface area contributed by atoms with Crippen molar-refractivity contribution in [3.05, 3.63) is 70.4 Å². The summed E-state index contributed by atoms with van der Waals surface area (Å²) in [5.41, 5.74) is 22.0. The van der Waals surface area contributed by atoms with Crippen molar-refractivity contribution in [3.8, 4) is 11.1 Å². The molecule has 0 unspecified atom stereocenters. The van der Waals surface area contributed by atoms with Crippen molar-refractivity contribution < 1.29 is 14.3 Å². The van der Waals surface area contributed by atoms with Gasteiger partial charge in [0.1, 0.15) is 5.82 Å².